The Hall–Kier alpha value is -1.28. The minimum absolute atomic E-state index is 0.0135. The average molecular weight is 345 g/mol. The summed E-state index contributed by atoms with van der Waals surface area (Å²) in [5.74, 6) is 0.451. The number of nitrogens with zero attached hydrogens (tertiary/aromatic N) is 1. The lowest BCUT2D eigenvalue weighted by molar-refractivity contribution is -0.384. The highest BCUT2D eigenvalue weighted by Crippen LogP contribution is 2.48. The van der Waals surface area contributed by atoms with E-state index in [2.05, 4.69) is 0 Å². The highest BCUT2D eigenvalue weighted by Gasteiger charge is 2.41. The van der Waals surface area contributed by atoms with Crippen LogP contribution in [0.25, 0.3) is 0 Å². The molecule has 0 saturated carbocycles. The van der Waals surface area contributed by atoms with Crippen molar-refractivity contribution in [2.45, 2.75) is 25.4 Å². The summed E-state index contributed by atoms with van der Waals surface area (Å²) < 4.78 is 24.2. The van der Waals surface area contributed by atoms with Gasteiger partial charge in [-0.15, -0.1) is 11.8 Å². The highest BCUT2D eigenvalue weighted by molar-refractivity contribution is 8.13. The molecule has 1 saturated heterocycles. The summed E-state index contributed by atoms with van der Waals surface area (Å²) in [6, 6.07) is 3.50. The van der Waals surface area contributed by atoms with Gasteiger partial charge in [0.15, 0.2) is 9.84 Å². The second-order valence-corrected chi connectivity index (χ2v) is 10.1. The number of rotatable bonds is 2. The number of benzene rings is 1. The SMILES string of the molecule is CC(C)(C)[C@@H]1CS[C@@H](c2cc([N+](=O)[O-])ccc2O)S(=O)(=O)C1. The van der Waals surface area contributed by atoms with Crippen molar-refractivity contribution in [3.05, 3.63) is 33.9 Å². The van der Waals surface area contributed by atoms with Gasteiger partial charge in [0.05, 0.1) is 10.7 Å². The molecule has 1 aliphatic rings. The predicted octanol–water partition coefficient (Wildman–Crippen LogP) is 3.12. The molecule has 2 rings (SSSR count). The first-order valence-electron chi connectivity index (χ1n) is 6.83. The molecule has 1 heterocycles. The van der Waals surface area contributed by atoms with Crippen LogP contribution in [0.2, 0.25) is 0 Å². The number of non-ortho nitro benzene ring substituents is 1. The highest BCUT2D eigenvalue weighted by atomic mass is 32.3. The third kappa shape index (κ3) is 3.38. The van der Waals surface area contributed by atoms with Crippen molar-refractivity contribution in [3.8, 4) is 5.75 Å². The first kappa shape index (κ1) is 17.1. The van der Waals surface area contributed by atoms with Crippen LogP contribution in [-0.4, -0.2) is 30.0 Å². The minimum Gasteiger partial charge on any atom is -0.508 e. The van der Waals surface area contributed by atoms with Crippen molar-refractivity contribution < 1.29 is 18.4 Å². The number of phenolic OH excluding ortho intramolecular Hbond substituents is 1. The smallest absolute Gasteiger partial charge is 0.270 e. The van der Waals surface area contributed by atoms with Crippen molar-refractivity contribution in [2.75, 3.05) is 11.5 Å². The average Bonchev–Trinajstić information content (AvgIpc) is 2.37. The van der Waals surface area contributed by atoms with Crippen LogP contribution in [0.4, 0.5) is 5.69 Å². The third-order valence-electron chi connectivity index (χ3n) is 3.91. The monoisotopic (exact) mass is 345 g/mol. The van der Waals surface area contributed by atoms with E-state index in [1.54, 1.807) is 0 Å². The Balaban J connectivity index is 2.39. The third-order valence-corrected chi connectivity index (χ3v) is 8.12. The maximum absolute atomic E-state index is 12.6. The molecule has 0 bridgehead atoms. The van der Waals surface area contributed by atoms with Crippen LogP contribution in [0.3, 0.4) is 0 Å². The molecule has 6 nitrogen and oxygen atoms in total. The molecule has 0 unspecified atom stereocenters. The van der Waals surface area contributed by atoms with Crippen LogP contribution in [-0.2, 0) is 9.84 Å². The molecule has 122 valence electrons. The van der Waals surface area contributed by atoms with Gasteiger partial charge >= 0.3 is 0 Å². The number of nitro benzene ring substituents is 1. The Kier molecular flexibility index (Phi) is 4.45. The normalized spacial score (nSPS) is 24.9. The van der Waals surface area contributed by atoms with Crippen LogP contribution < -0.4 is 0 Å². The summed E-state index contributed by atoms with van der Waals surface area (Å²) in [7, 11) is -3.49. The Labute approximate surface area is 134 Å². The second-order valence-electron chi connectivity index (χ2n) is 6.56. The summed E-state index contributed by atoms with van der Waals surface area (Å²) in [6.07, 6.45) is 0. The molecule has 1 N–H and O–H groups in total. The molecular formula is C14H19NO5S2. The van der Waals surface area contributed by atoms with E-state index in [0.717, 1.165) is 12.1 Å². The summed E-state index contributed by atoms with van der Waals surface area (Å²) in [4.78, 5) is 10.3. The zero-order valence-electron chi connectivity index (χ0n) is 12.6. The fourth-order valence-electron chi connectivity index (χ4n) is 2.35. The fraction of sp³-hybridized carbons (Fsp3) is 0.571. The van der Waals surface area contributed by atoms with E-state index in [1.807, 2.05) is 20.8 Å². The van der Waals surface area contributed by atoms with E-state index >= 15 is 0 Å². The zero-order valence-corrected chi connectivity index (χ0v) is 14.3. The van der Waals surface area contributed by atoms with E-state index in [9.17, 15) is 23.6 Å². The molecule has 0 amide bonds. The Morgan fingerprint density at radius 2 is 2.00 bits per heavy atom. The van der Waals surface area contributed by atoms with Crippen LogP contribution >= 0.6 is 11.8 Å². The minimum atomic E-state index is -3.49. The largest absolute Gasteiger partial charge is 0.508 e. The van der Waals surface area contributed by atoms with Crippen molar-refractivity contribution in [3.63, 3.8) is 0 Å². The topological polar surface area (TPSA) is 97.5 Å². The molecule has 1 aliphatic heterocycles. The molecular weight excluding hydrogens is 326 g/mol. The van der Waals surface area contributed by atoms with Gasteiger partial charge < -0.3 is 5.11 Å². The van der Waals surface area contributed by atoms with Gasteiger partial charge in [-0.2, -0.15) is 0 Å². The maximum Gasteiger partial charge on any atom is 0.270 e. The first-order valence-corrected chi connectivity index (χ1v) is 9.59. The van der Waals surface area contributed by atoms with Crippen molar-refractivity contribution >= 4 is 27.3 Å². The lowest BCUT2D eigenvalue weighted by Crippen LogP contribution is -2.35. The van der Waals surface area contributed by atoms with E-state index in [1.165, 1.54) is 17.8 Å². The Morgan fingerprint density at radius 3 is 2.50 bits per heavy atom. The summed E-state index contributed by atoms with van der Waals surface area (Å²) in [6.45, 7) is 6.00. The number of nitro groups is 1. The van der Waals surface area contributed by atoms with Crippen LogP contribution in [0.5, 0.6) is 5.75 Å². The van der Waals surface area contributed by atoms with E-state index in [4.69, 9.17) is 0 Å². The maximum atomic E-state index is 12.6. The molecule has 1 aromatic carbocycles. The number of hydrogen-bond acceptors (Lipinski definition) is 6. The standard InChI is InChI=1S/C14H19NO5S2/c1-14(2,3)9-7-21-13(22(19,20)8-9)11-6-10(15(17)18)4-5-12(11)16/h4-6,9,13,16H,7-8H2,1-3H3/t9-,13-/m1/s1. The lowest BCUT2D eigenvalue weighted by atomic mass is 9.83. The molecule has 0 spiro atoms. The van der Waals surface area contributed by atoms with E-state index < -0.39 is 19.3 Å². The van der Waals surface area contributed by atoms with Gasteiger partial charge in [-0.1, -0.05) is 20.8 Å². The molecule has 22 heavy (non-hydrogen) atoms. The quantitative estimate of drug-likeness (QED) is 0.653. The van der Waals surface area contributed by atoms with Gasteiger partial charge in [-0.3, -0.25) is 10.1 Å². The van der Waals surface area contributed by atoms with Crippen LogP contribution in [0.15, 0.2) is 18.2 Å². The van der Waals surface area contributed by atoms with Crippen molar-refractivity contribution in [1.82, 2.24) is 0 Å². The van der Waals surface area contributed by atoms with Crippen molar-refractivity contribution in [2.24, 2.45) is 11.3 Å². The van der Waals surface area contributed by atoms with Gasteiger partial charge in [0.1, 0.15) is 10.3 Å². The first-order chi connectivity index (χ1) is 10.0. The molecule has 0 aliphatic carbocycles. The fourth-order valence-corrected chi connectivity index (χ4v) is 7.12. The van der Waals surface area contributed by atoms with Gasteiger partial charge in [-0.05, 0) is 23.2 Å². The zero-order chi connectivity index (χ0) is 16.7. The van der Waals surface area contributed by atoms with E-state index in [0.29, 0.717) is 5.75 Å². The Bertz CT molecular complexity index is 694. The number of hydrogen-bond donors (Lipinski definition) is 1. The van der Waals surface area contributed by atoms with Crippen LogP contribution in [0, 0.1) is 21.4 Å². The molecule has 0 aromatic heterocycles. The van der Waals surface area contributed by atoms with E-state index in [-0.39, 0.29) is 34.1 Å². The molecule has 1 fully saturated rings. The number of phenols is 1. The number of sulfone groups is 1. The molecule has 2 atom stereocenters. The number of thioether (sulfide) groups is 1. The molecule has 0 radical (unpaired) electrons. The molecule has 1 aromatic rings. The van der Waals surface area contributed by atoms with Crippen molar-refractivity contribution in [1.29, 1.82) is 0 Å². The second kappa shape index (κ2) is 5.73. The predicted molar refractivity (Wildman–Crippen MR) is 86.7 cm³/mol. The number of aromatic hydroxyl groups is 1. The van der Waals surface area contributed by atoms with Crippen LogP contribution in [0.1, 0.15) is 30.9 Å². The lowest BCUT2D eigenvalue weighted by Gasteiger charge is -2.36. The van der Waals surface area contributed by atoms with Gasteiger partial charge in [0.2, 0.25) is 0 Å². The van der Waals surface area contributed by atoms with Gasteiger partial charge in [0.25, 0.3) is 5.69 Å². The summed E-state index contributed by atoms with van der Waals surface area (Å²) in [5.41, 5.74) is -0.247. The summed E-state index contributed by atoms with van der Waals surface area (Å²) in [5, 5.41) is 20.8. The summed E-state index contributed by atoms with van der Waals surface area (Å²) >= 11 is 1.22. The molecule has 8 heteroatoms. The van der Waals surface area contributed by atoms with Gasteiger partial charge in [0, 0.05) is 17.7 Å². The Morgan fingerprint density at radius 1 is 1.36 bits per heavy atom. The van der Waals surface area contributed by atoms with Gasteiger partial charge in [-0.25, -0.2) is 8.42 Å².